The smallest absolute Gasteiger partial charge is 0.321 e. The average molecular weight is 480 g/mol. The van der Waals surface area contributed by atoms with Crippen molar-refractivity contribution < 1.29 is 23.7 Å². The van der Waals surface area contributed by atoms with Gasteiger partial charge in [-0.05, 0) is 24.3 Å². The Hall–Kier alpha value is -4.21. The van der Waals surface area contributed by atoms with Crippen LogP contribution >= 0.6 is 0 Å². The number of rotatable bonds is 7. The molecule has 4 rings (SSSR count). The molecule has 0 bridgehead atoms. The minimum absolute atomic E-state index is 0.196. The monoisotopic (exact) mass is 479 g/mol. The van der Waals surface area contributed by atoms with Gasteiger partial charge in [-0.2, -0.15) is 0 Å². The van der Waals surface area contributed by atoms with Gasteiger partial charge in [0, 0.05) is 43.9 Å². The van der Waals surface area contributed by atoms with Gasteiger partial charge in [-0.3, -0.25) is 0 Å². The fourth-order valence-corrected chi connectivity index (χ4v) is 3.92. The van der Waals surface area contributed by atoms with Crippen LogP contribution in [0.5, 0.6) is 23.0 Å². The van der Waals surface area contributed by atoms with Crippen LogP contribution in [0.15, 0.2) is 48.5 Å². The molecule has 2 amide bonds. The van der Waals surface area contributed by atoms with E-state index in [1.54, 1.807) is 24.1 Å². The van der Waals surface area contributed by atoms with E-state index in [1.165, 1.54) is 21.3 Å². The zero-order chi connectivity index (χ0) is 24.8. The fourth-order valence-electron chi connectivity index (χ4n) is 3.92. The van der Waals surface area contributed by atoms with Gasteiger partial charge in [0.1, 0.15) is 5.75 Å². The Kier molecular flexibility index (Phi) is 7.39. The molecule has 1 N–H and O–H groups in total. The van der Waals surface area contributed by atoms with Gasteiger partial charge in [-0.1, -0.05) is 12.1 Å². The van der Waals surface area contributed by atoms with Crippen molar-refractivity contribution in [1.82, 2.24) is 15.1 Å². The van der Waals surface area contributed by atoms with E-state index >= 15 is 0 Å². The van der Waals surface area contributed by atoms with E-state index in [0.717, 1.165) is 22.8 Å². The van der Waals surface area contributed by atoms with E-state index in [2.05, 4.69) is 20.4 Å². The quantitative estimate of drug-likeness (QED) is 0.550. The summed E-state index contributed by atoms with van der Waals surface area (Å²) in [5, 5.41) is 11.7. The van der Waals surface area contributed by atoms with Crippen LogP contribution in [0.2, 0.25) is 0 Å². The number of urea groups is 1. The lowest BCUT2D eigenvalue weighted by Gasteiger charge is -2.35. The summed E-state index contributed by atoms with van der Waals surface area (Å²) in [5.41, 5.74) is 2.28. The van der Waals surface area contributed by atoms with Crippen LogP contribution in [0.25, 0.3) is 11.3 Å². The van der Waals surface area contributed by atoms with Crippen molar-refractivity contribution in [3.8, 4) is 34.3 Å². The number of anilines is 2. The first kappa shape index (κ1) is 23.9. The molecule has 0 spiro atoms. The molecule has 0 atom stereocenters. The fraction of sp³-hybridized carbons (Fsp3) is 0.320. The molecule has 2 heterocycles. The maximum atomic E-state index is 12.9. The number of carbonyl (C=O) groups excluding carboxylic acids is 1. The molecule has 184 valence electrons. The molecule has 10 heteroatoms. The number of nitrogens with zero attached hydrogens (tertiary/aromatic N) is 4. The van der Waals surface area contributed by atoms with E-state index in [0.29, 0.717) is 49.1 Å². The molecule has 1 saturated heterocycles. The van der Waals surface area contributed by atoms with E-state index in [-0.39, 0.29) is 6.03 Å². The Labute approximate surface area is 204 Å². The highest BCUT2D eigenvalue weighted by Gasteiger charge is 2.23. The number of ether oxygens (including phenoxy) is 4. The van der Waals surface area contributed by atoms with Crippen molar-refractivity contribution in [1.29, 1.82) is 0 Å². The highest BCUT2D eigenvalue weighted by molar-refractivity contribution is 5.90. The number of carbonyl (C=O) groups is 1. The lowest BCUT2D eigenvalue weighted by Crippen LogP contribution is -2.50. The van der Waals surface area contributed by atoms with E-state index in [1.807, 2.05) is 36.4 Å². The second kappa shape index (κ2) is 10.8. The van der Waals surface area contributed by atoms with E-state index in [9.17, 15) is 4.79 Å². The first-order chi connectivity index (χ1) is 17.1. The van der Waals surface area contributed by atoms with Crippen molar-refractivity contribution in [2.45, 2.75) is 0 Å². The largest absolute Gasteiger partial charge is 0.497 e. The maximum absolute atomic E-state index is 12.9. The first-order valence-corrected chi connectivity index (χ1v) is 11.1. The van der Waals surface area contributed by atoms with Crippen LogP contribution in [0, 0.1) is 0 Å². The Bertz CT molecular complexity index is 1140. The molecule has 1 aliphatic heterocycles. The predicted octanol–water partition coefficient (Wildman–Crippen LogP) is 3.53. The van der Waals surface area contributed by atoms with Crippen molar-refractivity contribution in [3.63, 3.8) is 0 Å². The number of methoxy groups -OCH3 is 4. The SMILES string of the molecule is COc1cccc(-c2ccc(N3CCN(C(=O)Nc4cc(OC)c(OC)c(OC)c4)CC3)nn2)c1. The molecule has 0 unspecified atom stereocenters. The Morgan fingerprint density at radius 2 is 1.54 bits per heavy atom. The molecular weight excluding hydrogens is 450 g/mol. The van der Waals surface area contributed by atoms with E-state index in [4.69, 9.17) is 18.9 Å². The van der Waals surface area contributed by atoms with Crippen LogP contribution in [0.1, 0.15) is 0 Å². The summed E-state index contributed by atoms with van der Waals surface area (Å²) in [6.45, 7) is 2.40. The van der Waals surface area contributed by atoms with Crippen molar-refractivity contribution in [3.05, 3.63) is 48.5 Å². The summed E-state index contributed by atoms with van der Waals surface area (Å²) in [7, 11) is 6.25. The highest BCUT2D eigenvalue weighted by Crippen LogP contribution is 2.40. The van der Waals surface area contributed by atoms with Gasteiger partial charge in [0.2, 0.25) is 5.75 Å². The number of piperazine rings is 1. The molecule has 35 heavy (non-hydrogen) atoms. The summed E-state index contributed by atoms with van der Waals surface area (Å²) in [6.07, 6.45) is 0. The summed E-state index contributed by atoms with van der Waals surface area (Å²) in [5.74, 6) is 2.97. The van der Waals surface area contributed by atoms with Gasteiger partial charge < -0.3 is 34.1 Å². The van der Waals surface area contributed by atoms with Crippen LogP contribution in [0.4, 0.5) is 16.3 Å². The van der Waals surface area contributed by atoms with Crippen molar-refractivity contribution >= 4 is 17.5 Å². The number of amides is 2. The number of hydrogen-bond acceptors (Lipinski definition) is 8. The minimum atomic E-state index is -0.196. The molecule has 0 aliphatic carbocycles. The summed E-state index contributed by atoms with van der Waals surface area (Å²) >= 11 is 0. The van der Waals surface area contributed by atoms with Crippen LogP contribution in [-0.2, 0) is 0 Å². The number of aromatic nitrogens is 2. The van der Waals surface area contributed by atoms with Crippen LogP contribution in [0.3, 0.4) is 0 Å². The molecule has 10 nitrogen and oxygen atoms in total. The molecule has 3 aromatic rings. The van der Waals surface area contributed by atoms with Gasteiger partial charge in [0.25, 0.3) is 0 Å². The Morgan fingerprint density at radius 3 is 2.11 bits per heavy atom. The summed E-state index contributed by atoms with van der Waals surface area (Å²) in [6, 6.07) is 14.8. The second-order valence-electron chi connectivity index (χ2n) is 7.83. The summed E-state index contributed by atoms with van der Waals surface area (Å²) < 4.78 is 21.3. The van der Waals surface area contributed by atoms with Gasteiger partial charge in [0.15, 0.2) is 17.3 Å². The molecule has 0 radical (unpaired) electrons. The average Bonchev–Trinajstić information content (AvgIpc) is 2.92. The number of hydrogen-bond donors (Lipinski definition) is 1. The third-order valence-corrected chi connectivity index (χ3v) is 5.82. The standard InChI is InChI=1S/C25H29N5O5/c1-32-19-7-5-6-17(14-19)20-8-9-23(28-27-20)29-10-12-30(13-11-29)25(31)26-18-15-21(33-2)24(35-4)22(16-18)34-3/h5-9,14-16H,10-13H2,1-4H3,(H,26,31). The van der Waals surface area contributed by atoms with Gasteiger partial charge >= 0.3 is 6.03 Å². The summed E-state index contributed by atoms with van der Waals surface area (Å²) in [4.78, 5) is 16.7. The Morgan fingerprint density at radius 1 is 0.829 bits per heavy atom. The van der Waals surface area contributed by atoms with Gasteiger partial charge in [0.05, 0.1) is 39.8 Å². The normalized spacial score (nSPS) is 13.3. The topological polar surface area (TPSA) is 98.3 Å². The highest BCUT2D eigenvalue weighted by atomic mass is 16.5. The number of nitrogens with one attached hydrogen (secondary N) is 1. The maximum Gasteiger partial charge on any atom is 0.321 e. The minimum Gasteiger partial charge on any atom is -0.497 e. The molecule has 2 aromatic carbocycles. The lowest BCUT2D eigenvalue weighted by molar-refractivity contribution is 0.208. The van der Waals surface area contributed by atoms with Gasteiger partial charge in [-0.25, -0.2) is 4.79 Å². The third kappa shape index (κ3) is 5.32. The van der Waals surface area contributed by atoms with Crippen LogP contribution in [-0.4, -0.2) is 75.7 Å². The van der Waals surface area contributed by atoms with E-state index < -0.39 is 0 Å². The van der Waals surface area contributed by atoms with Crippen LogP contribution < -0.4 is 29.2 Å². The lowest BCUT2D eigenvalue weighted by atomic mass is 10.1. The van der Waals surface area contributed by atoms with Crippen molar-refractivity contribution in [2.75, 3.05) is 64.8 Å². The third-order valence-electron chi connectivity index (χ3n) is 5.82. The Balaban J connectivity index is 1.37. The zero-order valence-corrected chi connectivity index (χ0v) is 20.3. The predicted molar refractivity (Wildman–Crippen MR) is 133 cm³/mol. The molecule has 1 aliphatic rings. The number of benzene rings is 2. The molecule has 0 saturated carbocycles. The molecular formula is C25H29N5O5. The van der Waals surface area contributed by atoms with Gasteiger partial charge in [-0.15, -0.1) is 10.2 Å². The molecule has 1 fully saturated rings. The first-order valence-electron chi connectivity index (χ1n) is 11.1. The van der Waals surface area contributed by atoms with Crippen molar-refractivity contribution in [2.24, 2.45) is 0 Å². The molecule has 1 aromatic heterocycles. The second-order valence-corrected chi connectivity index (χ2v) is 7.83. The zero-order valence-electron chi connectivity index (χ0n) is 20.3.